The summed E-state index contributed by atoms with van der Waals surface area (Å²) in [6.45, 7) is 16.1. The lowest BCUT2D eigenvalue weighted by Crippen LogP contribution is -2.39. The lowest BCUT2D eigenvalue weighted by molar-refractivity contribution is 0.0317. The van der Waals surface area contributed by atoms with Crippen molar-refractivity contribution in [3.63, 3.8) is 0 Å². The number of hydrogen-bond acceptors (Lipinski definition) is 2. The largest absolute Gasteiger partial charge is 0.419 e. The first kappa shape index (κ1) is 18.4. The Hall–Kier alpha value is -0.643. The average molecular weight is 309 g/mol. The van der Waals surface area contributed by atoms with Crippen molar-refractivity contribution in [1.82, 2.24) is 0 Å². The van der Waals surface area contributed by atoms with Crippen LogP contribution in [0.4, 0.5) is 0 Å². The van der Waals surface area contributed by atoms with Crippen LogP contribution in [0, 0.1) is 0 Å². The summed E-state index contributed by atoms with van der Waals surface area (Å²) in [4.78, 5) is 0. The van der Waals surface area contributed by atoms with E-state index < -0.39 is 14.6 Å². The summed E-state index contributed by atoms with van der Waals surface area (Å²) in [5, 5.41) is 11.1. The second-order valence-corrected chi connectivity index (χ2v) is 12.9. The summed E-state index contributed by atoms with van der Waals surface area (Å²) in [6, 6.07) is 9.85. The van der Waals surface area contributed by atoms with Gasteiger partial charge in [0.25, 0.3) is 0 Å². The first-order valence-electron chi connectivity index (χ1n) is 7.84. The van der Waals surface area contributed by atoms with Crippen LogP contribution in [-0.2, 0) is 10.0 Å². The maximum atomic E-state index is 10.6. The van der Waals surface area contributed by atoms with E-state index in [0.29, 0.717) is 13.0 Å². The molecule has 1 aromatic rings. The summed E-state index contributed by atoms with van der Waals surface area (Å²) < 4.78 is 6.31. The van der Waals surface area contributed by atoms with Crippen LogP contribution in [0.15, 0.2) is 30.3 Å². The lowest BCUT2D eigenvalue weighted by Gasteiger charge is -2.39. The molecule has 2 nitrogen and oxygen atoms in total. The van der Waals surface area contributed by atoms with Crippen molar-refractivity contribution in [3.05, 3.63) is 35.9 Å². The molecule has 0 aromatic heterocycles. The van der Waals surface area contributed by atoms with Crippen LogP contribution in [0.25, 0.3) is 0 Å². The molecule has 0 heterocycles. The number of aliphatic hydroxyl groups is 1. The van der Waals surface area contributed by atoms with Gasteiger partial charge in [-0.25, -0.2) is 0 Å². The maximum Gasteiger partial charge on any atom is 0.187 e. The highest BCUT2D eigenvalue weighted by molar-refractivity contribution is 6.58. The fraction of sp³-hybridized carbons (Fsp3) is 0.667. The third-order valence-electron chi connectivity index (χ3n) is 3.84. The van der Waals surface area contributed by atoms with E-state index in [2.05, 4.69) is 41.5 Å². The molecule has 0 saturated heterocycles. The molecule has 0 amide bonds. The standard InChI is InChI=1S/C18H32O2Si/c1-16(2,3)21(17(4,5)6)20-14-13-18(7,19)15-11-9-8-10-12-15/h8-12,19,21H,13-14H2,1-7H3. The highest BCUT2D eigenvalue weighted by Gasteiger charge is 2.38. The predicted octanol–water partition coefficient (Wildman–Crippen LogP) is 4.62. The van der Waals surface area contributed by atoms with Crippen LogP contribution in [0.5, 0.6) is 0 Å². The highest BCUT2D eigenvalue weighted by Crippen LogP contribution is 2.42. The van der Waals surface area contributed by atoms with Gasteiger partial charge in [-0.05, 0) is 22.6 Å². The molecule has 120 valence electrons. The molecular weight excluding hydrogens is 276 g/mol. The highest BCUT2D eigenvalue weighted by atomic mass is 28.3. The zero-order valence-corrected chi connectivity index (χ0v) is 15.9. The van der Waals surface area contributed by atoms with Crippen molar-refractivity contribution in [2.75, 3.05) is 6.61 Å². The quantitative estimate of drug-likeness (QED) is 0.804. The van der Waals surface area contributed by atoms with Crippen molar-refractivity contribution in [2.24, 2.45) is 0 Å². The zero-order chi connectivity index (χ0) is 16.3. The zero-order valence-electron chi connectivity index (χ0n) is 14.7. The third kappa shape index (κ3) is 5.57. The van der Waals surface area contributed by atoms with Crippen LogP contribution in [0.1, 0.15) is 60.5 Å². The van der Waals surface area contributed by atoms with Crippen molar-refractivity contribution < 1.29 is 9.53 Å². The van der Waals surface area contributed by atoms with Crippen molar-refractivity contribution in [1.29, 1.82) is 0 Å². The average Bonchev–Trinajstić information content (AvgIpc) is 2.32. The summed E-state index contributed by atoms with van der Waals surface area (Å²) in [7, 11) is -1.40. The monoisotopic (exact) mass is 308 g/mol. The first-order valence-corrected chi connectivity index (χ1v) is 9.47. The number of hydrogen-bond donors (Lipinski definition) is 1. The third-order valence-corrected chi connectivity index (χ3v) is 7.56. The summed E-state index contributed by atoms with van der Waals surface area (Å²) in [5.41, 5.74) is 0.133. The Morgan fingerprint density at radius 1 is 0.905 bits per heavy atom. The summed E-state index contributed by atoms with van der Waals surface area (Å²) in [6.07, 6.45) is 0.632. The summed E-state index contributed by atoms with van der Waals surface area (Å²) >= 11 is 0. The predicted molar refractivity (Wildman–Crippen MR) is 93.2 cm³/mol. The molecule has 0 fully saturated rings. The van der Waals surface area contributed by atoms with Gasteiger partial charge in [-0.15, -0.1) is 0 Å². The minimum atomic E-state index is -1.40. The van der Waals surface area contributed by atoms with E-state index in [9.17, 15) is 5.11 Å². The number of rotatable bonds is 5. The van der Waals surface area contributed by atoms with Crippen LogP contribution in [-0.4, -0.2) is 20.8 Å². The molecule has 1 atom stereocenters. The Morgan fingerprint density at radius 3 is 1.81 bits per heavy atom. The fourth-order valence-electron chi connectivity index (χ4n) is 3.12. The topological polar surface area (TPSA) is 29.5 Å². The van der Waals surface area contributed by atoms with Crippen LogP contribution < -0.4 is 0 Å². The molecule has 1 aromatic carbocycles. The van der Waals surface area contributed by atoms with Crippen LogP contribution >= 0.6 is 0 Å². The molecule has 3 heteroatoms. The normalized spacial score (nSPS) is 16.0. The number of benzene rings is 1. The second-order valence-electron chi connectivity index (χ2n) is 8.37. The van der Waals surface area contributed by atoms with E-state index in [1.54, 1.807) is 0 Å². The minimum absolute atomic E-state index is 0.219. The van der Waals surface area contributed by atoms with Crippen LogP contribution in [0.2, 0.25) is 10.1 Å². The Bertz CT molecular complexity index is 413. The Morgan fingerprint density at radius 2 is 1.38 bits per heavy atom. The molecule has 0 saturated carbocycles. The van der Waals surface area contributed by atoms with Gasteiger partial charge in [0.2, 0.25) is 0 Å². The smallest absolute Gasteiger partial charge is 0.187 e. The van der Waals surface area contributed by atoms with Crippen molar-refractivity contribution in [2.45, 2.75) is 70.6 Å². The molecule has 0 bridgehead atoms. The minimum Gasteiger partial charge on any atom is -0.419 e. The van der Waals surface area contributed by atoms with Gasteiger partial charge in [0.05, 0.1) is 5.60 Å². The van der Waals surface area contributed by atoms with E-state index >= 15 is 0 Å². The molecule has 0 radical (unpaired) electrons. The molecular formula is C18H32O2Si. The van der Waals surface area contributed by atoms with E-state index in [1.165, 1.54) is 0 Å². The van der Waals surface area contributed by atoms with Crippen LogP contribution in [0.3, 0.4) is 0 Å². The van der Waals surface area contributed by atoms with E-state index in [0.717, 1.165) is 5.56 Å². The summed E-state index contributed by atoms with van der Waals surface area (Å²) in [5.74, 6) is 0. The Kier molecular flexibility index (Phi) is 5.81. The van der Waals surface area contributed by atoms with Crippen molar-refractivity contribution >= 4 is 9.04 Å². The molecule has 1 rings (SSSR count). The van der Waals surface area contributed by atoms with Crippen molar-refractivity contribution in [3.8, 4) is 0 Å². The van der Waals surface area contributed by atoms with Gasteiger partial charge < -0.3 is 9.53 Å². The van der Waals surface area contributed by atoms with Gasteiger partial charge in [0.1, 0.15) is 0 Å². The fourth-order valence-corrected chi connectivity index (χ4v) is 7.07. The van der Waals surface area contributed by atoms with Gasteiger partial charge in [-0.3, -0.25) is 0 Å². The first-order chi connectivity index (χ1) is 9.44. The van der Waals surface area contributed by atoms with Gasteiger partial charge in [0.15, 0.2) is 9.04 Å². The lowest BCUT2D eigenvalue weighted by atomic mass is 9.93. The second kappa shape index (κ2) is 6.63. The molecule has 1 unspecified atom stereocenters. The van der Waals surface area contributed by atoms with E-state index in [-0.39, 0.29) is 10.1 Å². The van der Waals surface area contributed by atoms with Gasteiger partial charge in [-0.1, -0.05) is 71.9 Å². The maximum absolute atomic E-state index is 10.6. The Labute approximate surface area is 132 Å². The molecule has 0 aliphatic heterocycles. The van der Waals surface area contributed by atoms with E-state index in [1.807, 2.05) is 37.3 Å². The Balaban J connectivity index is 2.67. The van der Waals surface area contributed by atoms with Gasteiger partial charge in [0, 0.05) is 13.0 Å². The molecule has 21 heavy (non-hydrogen) atoms. The van der Waals surface area contributed by atoms with E-state index in [4.69, 9.17) is 4.43 Å². The molecule has 0 aliphatic rings. The van der Waals surface area contributed by atoms with Gasteiger partial charge in [-0.2, -0.15) is 0 Å². The molecule has 0 spiro atoms. The SMILES string of the molecule is CC(O)(CCO[SiH](C(C)(C)C)C(C)(C)C)c1ccccc1. The van der Waals surface area contributed by atoms with Gasteiger partial charge >= 0.3 is 0 Å². The molecule has 0 aliphatic carbocycles. The molecule has 1 N–H and O–H groups in total.